The summed E-state index contributed by atoms with van der Waals surface area (Å²) in [4.78, 5) is 0. The summed E-state index contributed by atoms with van der Waals surface area (Å²) in [5.41, 5.74) is 7.07. The fourth-order valence-corrected chi connectivity index (χ4v) is 5.36. The molecule has 0 amide bonds. The maximum atomic E-state index is 6.64. The van der Waals surface area contributed by atoms with Crippen LogP contribution in [0.25, 0.3) is 0 Å². The summed E-state index contributed by atoms with van der Waals surface area (Å²) in [6.45, 7) is 0. The van der Waals surface area contributed by atoms with E-state index in [1.54, 1.807) is 0 Å². The number of rotatable bonds is 0. The lowest BCUT2D eigenvalue weighted by Crippen LogP contribution is -2.28. The van der Waals surface area contributed by atoms with E-state index in [0.29, 0.717) is 20.1 Å². The molecule has 0 nitrogen and oxygen atoms in total. The molecule has 2 bridgehead atoms. The second-order valence-electron chi connectivity index (χ2n) is 6.21. The van der Waals surface area contributed by atoms with Crippen LogP contribution in [0.2, 0.25) is 20.1 Å². The van der Waals surface area contributed by atoms with Crippen molar-refractivity contribution in [2.75, 3.05) is 0 Å². The number of benzene rings is 3. The predicted octanol–water partition coefficient (Wildman–Crippen LogP) is 7.29. The van der Waals surface area contributed by atoms with Crippen LogP contribution < -0.4 is 0 Å². The van der Waals surface area contributed by atoms with Gasteiger partial charge in [-0.2, -0.15) is 0 Å². The van der Waals surface area contributed by atoms with Crippen molar-refractivity contribution >= 4 is 46.4 Å². The zero-order chi connectivity index (χ0) is 16.6. The smallest absolute Gasteiger partial charge is 0.0797 e. The van der Waals surface area contributed by atoms with Crippen molar-refractivity contribution < 1.29 is 0 Å². The van der Waals surface area contributed by atoms with Crippen molar-refractivity contribution in [1.82, 2.24) is 0 Å². The Hall–Kier alpha value is -1.18. The number of hydrogen-bond acceptors (Lipinski definition) is 0. The lowest BCUT2D eigenvalue weighted by atomic mass is 9.61. The minimum atomic E-state index is 0.0390. The van der Waals surface area contributed by atoms with Gasteiger partial charge in [-0.15, -0.1) is 0 Å². The molecule has 118 valence electrons. The van der Waals surface area contributed by atoms with E-state index in [2.05, 4.69) is 48.5 Å². The van der Waals surface area contributed by atoms with Crippen molar-refractivity contribution in [2.45, 2.75) is 11.8 Å². The fourth-order valence-electron chi connectivity index (χ4n) is 4.26. The average Bonchev–Trinajstić information content (AvgIpc) is 2.64. The van der Waals surface area contributed by atoms with E-state index in [1.807, 2.05) is 0 Å². The number of hydrogen-bond donors (Lipinski definition) is 0. The minimum absolute atomic E-state index is 0.0390. The Morgan fingerprint density at radius 3 is 1.04 bits per heavy atom. The van der Waals surface area contributed by atoms with Gasteiger partial charge in [-0.25, -0.2) is 0 Å². The summed E-state index contributed by atoms with van der Waals surface area (Å²) in [5.74, 6) is 0.0781. The van der Waals surface area contributed by atoms with Gasteiger partial charge in [-0.05, 0) is 33.4 Å². The summed E-state index contributed by atoms with van der Waals surface area (Å²) in [6, 6.07) is 16.9. The van der Waals surface area contributed by atoms with E-state index in [1.165, 1.54) is 22.3 Å². The lowest BCUT2D eigenvalue weighted by Gasteiger charge is -2.43. The second-order valence-corrected chi connectivity index (χ2v) is 7.72. The van der Waals surface area contributed by atoms with Crippen LogP contribution >= 0.6 is 46.4 Å². The standard InChI is InChI=1S/C20H10Cl4/c21-17-15-13-9-5-1-2-6-10(9)14(12-8-4-3-7-11(12)13)16(15)18(22)20(24)19(17)23/h1-8,13-14H. The Balaban J connectivity index is 1.98. The van der Waals surface area contributed by atoms with Gasteiger partial charge in [0.15, 0.2) is 0 Å². The summed E-state index contributed by atoms with van der Waals surface area (Å²) in [5, 5.41) is 1.70. The lowest BCUT2D eigenvalue weighted by molar-refractivity contribution is 0.755. The quantitative estimate of drug-likeness (QED) is 0.192. The molecule has 3 aromatic carbocycles. The molecule has 0 saturated heterocycles. The van der Waals surface area contributed by atoms with Gasteiger partial charge in [0.05, 0.1) is 20.1 Å². The first-order valence-electron chi connectivity index (χ1n) is 7.64. The molecule has 0 spiro atoms. The van der Waals surface area contributed by atoms with E-state index >= 15 is 0 Å². The molecule has 3 aromatic rings. The highest BCUT2D eigenvalue weighted by atomic mass is 35.5. The predicted molar refractivity (Wildman–Crippen MR) is 101 cm³/mol. The molecule has 0 fully saturated rings. The molecule has 0 aliphatic heterocycles. The largest absolute Gasteiger partial charge is 0.0823 e. The molecule has 24 heavy (non-hydrogen) atoms. The molecule has 0 aromatic heterocycles. The van der Waals surface area contributed by atoms with Crippen molar-refractivity contribution in [2.24, 2.45) is 0 Å². The monoisotopic (exact) mass is 390 g/mol. The Kier molecular flexibility index (Phi) is 3.25. The first-order valence-corrected chi connectivity index (χ1v) is 9.15. The Morgan fingerprint density at radius 2 is 0.750 bits per heavy atom. The van der Waals surface area contributed by atoms with Crippen LogP contribution in [0.5, 0.6) is 0 Å². The van der Waals surface area contributed by atoms with Crippen LogP contribution in [0, 0.1) is 0 Å². The molecule has 0 atom stereocenters. The second kappa shape index (κ2) is 5.16. The Morgan fingerprint density at radius 1 is 0.458 bits per heavy atom. The van der Waals surface area contributed by atoms with Crippen LogP contribution in [0.15, 0.2) is 48.5 Å². The first kappa shape index (κ1) is 15.1. The fraction of sp³-hybridized carbons (Fsp3) is 0.100. The summed E-state index contributed by atoms with van der Waals surface area (Å²) in [7, 11) is 0. The van der Waals surface area contributed by atoms with E-state index in [0.717, 1.165) is 11.1 Å². The van der Waals surface area contributed by atoms with Crippen LogP contribution in [0.3, 0.4) is 0 Å². The molecule has 0 saturated carbocycles. The third-order valence-electron chi connectivity index (χ3n) is 5.15. The molecule has 6 rings (SSSR count). The van der Waals surface area contributed by atoms with E-state index in [9.17, 15) is 0 Å². The van der Waals surface area contributed by atoms with Crippen molar-refractivity contribution in [3.8, 4) is 0 Å². The van der Waals surface area contributed by atoms with Crippen molar-refractivity contribution in [1.29, 1.82) is 0 Å². The molecule has 0 unspecified atom stereocenters. The molecular weight excluding hydrogens is 382 g/mol. The van der Waals surface area contributed by atoms with Gasteiger partial charge in [0.25, 0.3) is 0 Å². The van der Waals surface area contributed by atoms with Crippen molar-refractivity contribution in [3.05, 3.63) is 102 Å². The molecular formula is C20H10Cl4. The molecule has 0 N–H and O–H groups in total. The highest BCUT2D eigenvalue weighted by Crippen LogP contribution is 2.61. The molecule has 3 aliphatic rings. The van der Waals surface area contributed by atoms with Gasteiger partial charge >= 0.3 is 0 Å². The topological polar surface area (TPSA) is 0 Å². The Bertz CT molecular complexity index is 894. The average molecular weight is 392 g/mol. The zero-order valence-electron chi connectivity index (χ0n) is 12.3. The van der Waals surface area contributed by atoms with Gasteiger partial charge in [0, 0.05) is 11.8 Å². The van der Waals surface area contributed by atoms with Crippen LogP contribution in [-0.4, -0.2) is 0 Å². The first-order chi connectivity index (χ1) is 11.6. The maximum absolute atomic E-state index is 6.64. The van der Waals surface area contributed by atoms with Gasteiger partial charge in [-0.3, -0.25) is 0 Å². The highest BCUT2D eigenvalue weighted by Gasteiger charge is 2.44. The van der Waals surface area contributed by atoms with Crippen LogP contribution in [-0.2, 0) is 0 Å². The van der Waals surface area contributed by atoms with Crippen LogP contribution in [0.1, 0.15) is 45.2 Å². The molecule has 4 heteroatoms. The van der Waals surface area contributed by atoms with E-state index in [4.69, 9.17) is 46.4 Å². The molecule has 3 aliphatic carbocycles. The normalized spacial score (nSPS) is 19.7. The van der Waals surface area contributed by atoms with E-state index < -0.39 is 0 Å². The third-order valence-corrected chi connectivity index (χ3v) is 6.99. The molecule has 0 heterocycles. The maximum Gasteiger partial charge on any atom is 0.0797 e. The highest BCUT2D eigenvalue weighted by molar-refractivity contribution is 6.52. The number of halogens is 4. The van der Waals surface area contributed by atoms with Gasteiger partial charge < -0.3 is 0 Å². The summed E-state index contributed by atoms with van der Waals surface area (Å²) < 4.78 is 0. The van der Waals surface area contributed by atoms with Crippen LogP contribution in [0.4, 0.5) is 0 Å². The van der Waals surface area contributed by atoms with E-state index in [-0.39, 0.29) is 11.8 Å². The minimum Gasteiger partial charge on any atom is -0.0823 e. The SMILES string of the molecule is Clc1c(Cl)c(Cl)c2c(c1Cl)C1c3ccccc3C2c2ccccc21. The van der Waals surface area contributed by atoms with Gasteiger partial charge in [0.1, 0.15) is 0 Å². The summed E-state index contributed by atoms with van der Waals surface area (Å²) in [6.07, 6.45) is 0. The van der Waals surface area contributed by atoms with Crippen molar-refractivity contribution in [3.63, 3.8) is 0 Å². The summed E-state index contributed by atoms with van der Waals surface area (Å²) >= 11 is 26.0. The Labute approximate surface area is 159 Å². The zero-order valence-corrected chi connectivity index (χ0v) is 15.3. The van der Waals surface area contributed by atoms with Gasteiger partial charge in [-0.1, -0.05) is 94.9 Å². The third kappa shape index (κ3) is 1.73. The molecule has 0 radical (unpaired) electrons. The van der Waals surface area contributed by atoms with Gasteiger partial charge in [0.2, 0.25) is 0 Å².